The Morgan fingerprint density at radius 2 is 1.85 bits per heavy atom. The molecule has 0 aliphatic heterocycles. The molecule has 0 saturated carbocycles. The van der Waals surface area contributed by atoms with E-state index in [0.717, 1.165) is 0 Å². The fourth-order valence-electron chi connectivity index (χ4n) is 1.50. The van der Waals surface area contributed by atoms with Crippen LogP contribution in [0.2, 0.25) is 0 Å². The van der Waals surface area contributed by atoms with Crippen LogP contribution in [0.4, 0.5) is 9.18 Å². The summed E-state index contributed by atoms with van der Waals surface area (Å²) in [5, 5.41) is 7.87. The quantitative estimate of drug-likeness (QED) is 0.717. The monoisotopic (exact) mass is 281 g/mol. The lowest BCUT2D eigenvalue weighted by molar-refractivity contribution is 0.0953. The van der Waals surface area contributed by atoms with Crippen molar-refractivity contribution in [2.24, 2.45) is 0 Å². The zero-order valence-electron chi connectivity index (χ0n) is 11.9. The molecular weight excluding hydrogens is 261 g/mol. The van der Waals surface area contributed by atoms with Crippen LogP contribution in [0.25, 0.3) is 0 Å². The maximum Gasteiger partial charge on any atom is 0.315 e. The zero-order valence-corrected chi connectivity index (χ0v) is 11.9. The van der Waals surface area contributed by atoms with Gasteiger partial charge in [-0.25, -0.2) is 9.18 Å². The molecule has 1 aromatic carbocycles. The first-order chi connectivity index (χ1) is 9.40. The zero-order chi connectivity index (χ0) is 15.1. The van der Waals surface area contributed by atoms with Gasteiger partial charge in [-0.2, -0.15) is 0 Å². The number of aryl methyl sites for hydroxylation is 1. The number of rotatable bonds is 5. The van der Waals surface area contributed by atoms with Crippen LogP contribution < -0.4 is 16.0 Å². The van der Waals surface area contributed by atoms with Crippen LogP contribution in [0.5, 0.6) is 0 Å². The second-order valence-electron chi connectivity index (χ2n) is 4.77. The number of carbonyl (C=O) groups is 2. The fraction of sp³-hybridized carbons (Fsp3) is 0.429. The van der Waals surface area contributed by atoms with Crippen molar-refractivity contribution in [1.82, 2.24) is 16.0 Å². The number of carbonyl (C=O) groups excluding carboxylic acids is 2. The van der Waals surface area contributed by atoms with Gasteiger partial charge in [0.25, 0.3) is 5.91 Å². The van der Waals surface area contributed by atoms with Crippen LogP contribution in [0.15, 0.2) is 18.2 Å². The number of hydrogen-bond acceptors (Lipinski definition) is 2. The summed E-state index contributed by atoms with van der Waals surface area (Å²) in [5.74, 6) is -0.776. The van der Waals surface area contributed by atoms with E-state index in [1.165, 1.54) is 6.07 Å². The van der Waals surface area contributed by atoms with Crippen molar-refractivity contribution in [2.75, 3.05) is 13.1 Å². The van der Waals surface area contributed by atoms with Gasteiger partial charge in [0.2, 0.25) is 0 Å². The molecule has 0 aromatic heterocycles. The van der Waals surface area contributed by atoms with E-state index >= 15 is 0 Å². The van der Waals surface area contributed by atoms with Crippen molar-refractivity contribution in [3.63, 3.8) is 0 Å². The number of hydrogen-bond donors (Lipinski definition) is 3. The Bertz CT molecular complexity index is 489. The minimum Gasteiger partial charge on any atom is -0.350 e. The molecule has 0 fully saturated rings. The van der Waals surface area contributed by atoms with E-state index in [-0.39, 0.29) is 30.1 Å². The first kappa shape index (κ1) is 15.9. The van der Waals surface area contributed by atoms with Gasteiger partial charge in [0.05, 0.1) is 0 Å². The van der Waals surface area contributed by atoms with Crippen LogP contribution in [-0.2, 0) is 0 Å². The number of urea groups is 1. The summed E-state index contributed by atoms with van der Waals surface area (Å²) in [5.41, 5.74) is 0.758. The van der Waals surface area contributed by atoms with Gasteiger partial charge < -0.3 is 16.0 Å². The Morgan fingerprint density at radius 1 is 1.20 bits per heavy atom. The lowest BCUT2D eigenvalue weighted by Crippen LogP contribution is -2.42. The van der Waals surface area contributed by atoms with Gasteiger partial charge >= 0.3 is 6.03 Å². The summed E-state index contributed by atoms with van der Waals surface area (Å²) in [7, 11) is 0. The summed E-state index contributed by atoms with van der Waals surface area (Å²) in [4.78, 5) is 23.0. The Kier molecular flexibility index (Phi) is 5.96. The molecule has 0 aliphatic carbocycles. The molecule has 0 bridgehead atoms. The molecule has 0 radical (unpaired) electrons. The second-order valence-corrected chi connectivity index (χ2v) is 4.77. The van der Waals surface area contributed by atoms with Crippen LogP contribution in [0, 0.1) is 12.7 Å². The van der Waals surface area contributed by atoms with Crippen molar-refractivity contribution < 1.29 is 14.0 Å². The summed E-state index contributed by atoms with van der Waals surface area (Å²) in [6.45, 7) is 5.92. The van der Waals surface area contributed by atoms with Gasteiger partial charge in [-0.05, 0) is 38.5 Å². The first-order valence-corrected chi connectivity index (χ1v) is 6.49. The van der Waals surface area contributed by atoms with E-state index < -0.39 is 5.82 Å². The van der Waals surface area contributed by atoms with E-state index in [1.807, 2.05) is 13.8 Å². The predicted octanol–water partition coefficient (Wildman–Crippen LogP) is 1.57. The average molecular weight is 281 g/mol. The molecule has 1 rings (SSSR count). The smallest absolute Gasteiger partial charge is 0.315 e. The van der Waals surface area contributed by atoms with E-state index in [1.54, 1.807) is 19.1 Å². The maximum absolute atomic E-state index is 13.3. The molecule has 5 nitrogen and oxygen atoms in total. The Balaban J connectivity index is 2.33. The molecule has 1 aromatic rings. The predicted molar refractivity (Wildman–Crippen MR) is 75.1 cm³/mol. The van der Waals surface area contributed by atoms with Gasteiger partial charge in [0.15, 0.2) is 0 Å². The van der Waals surface area contributed by atoms with Crippen molar-refractivity contribution >= 4 is 11.9 Å². The van der Waals surface area contributed by atoms with Crippen molar-refractivity contribution in [1.29, 1.82) is 0 Å². The van der Waals surface area contributed by atoms with Crippen LogP contribution in [0.3, 0.4) is 0 Å². The molecule has 0 aliphatic rings. The summed E-state index contributed by atoms with van der Waals surface area (Å²) >= 11 is 0. The van der Waals surface area contributed by atoms with Crippen molar-refractivity contribution in [2.45, 2.75) is 26.8 Å². The van der Waals surface area contributed by atoms with E-state index in [9.17, 15) is 14.0 Å². The maximum atomic E-state index is 13.3. The van der Waals surface area contributed by atoms with E-state index in [2.05, 4.69) is 16.0 Å². The standard InChI is InChI=1S/C14H20FN3O2/c1-9(2)18-14(20)17-7-6-16-13(19)11-5-4-10(3)12(15)8-11/h4-5,8-9H,6-7H2,1-3H3,(H,16,19)(H2,17,18,20). The molecule has 0 saturated heterocycles. The third-order valence-electron chi connectivity index (χ3n) is 2.55. The normalized spacial score (nSPS) is 10.2. The van der Waals surface area contributed by atoms with Crippen molar-refractivity contribution in [3.8, 4) is 0 Å². The fourth-order valence-corrected chi connectivity index (χ4v) is 1.50. The van der Waals surface area contributed by atoms with Crippen molar-refractivity contribution in [3.05, 3.63) is 35.1 Å². The summed E-state index contributed by atoms with van der Waals surface area (Å²) in [6, 6.07) is 4.09. The summed E-state index contributed by atoms with van der Waals surface area (Å²) in [6.07, 6.45) is 0. The lowest BCUT2D eigenvalue weighted by atomic mass is 10.1. The Hall–Kier alpha value is -2.11. The number of amides is 3. The Labute approximate surface area is 117 Å². The Morgan fingerprint density at radius 3 is 2.45 bits per heavy atom. The lowest BCUT2D eigenvalue weighted by Gasteiger charge is -2.10. The number of halogens is 1. The molecule has 20 heavy (non-hydrogen) atoms. The van der Waals surface area contributed by atoms with Gasteiger partial charge in [-0.3, -0.25) is 4.79 Å². The van der Waals surface area contributed by atoms with Crippen LogP contribution in [0.1, 0.15) is 29.8 Å². The van der Waals surface area contributed by atoms with Gasteiger partial charge in [0, 0.05) is 24.7 Å². The minimum atomic E-state index is -0.410. The first-order valence-electron chi connectivity index (χ1n) is 6.49. The third kappa shape index (κ3) is 5.26. The number of nitrogens with one attached hydrogen (secondary N) is 3. The van der Waals surface area contributed by atoms with E-state index in [0.29, 0.717) is 12.1 Å². The van der Waals surface area contributed by atoms with Gasteiger partial charge in [-0.15, -0.1) is 0 Å². The second kappa shape index (κ2) is 7.47. The number of benzene rings is 1. The molecule has 0 atom stereocenters. The molecular formula is C14H20FN3O2. The largest absolute Gasteiger partial charge is 0.350 e. The highest BCUT2D eigenvalue weighted by atomic mass is 19.1. The minimum absolute atomic E-state index is 0.0557. The third-order valence-corrected chi connectivity index (χ3v) is 2.55. The highest BCUT2D eigenvalue weighted by Crippen LogP contribution is 2.08. The molecule has 3 amide bonds. The van der Waals surface area contributed by atoms with Gasteiger partial charge in [-0.1, -0.05) is 6.07 Å². The van der Waals surface area contributed by atoms with Gasteiger partial charge in [0.1, 0.15) is 5.82 Å². The van der Waals surface area contributed by atoms with Crippen LogP contribution >= 0.6 is 0 Å². The highest BCUT2D eigenvalue weighted by Gasteiger charge is 2.07. The highest BCUT2D eigenvalue weighted by molar-refractivity contribution is 5.94. The molecule has 110 valence electrons. The van der Waals surface area contributed by atoms with E-state index in [4.69, 9.17) is 0 Å². The molecule has 3 N–H and O–H groups in total. The molecule has 0 spiro atoms. The SMILES string of the molecule is Cc1ccc(C(=O)NCCNC(=O)NC(C)C)cc1F. The van der Waals surface area contributed by atoms with Crippen LogP contribution in [-0.4, -0.2) is 31.1 Å². The molecule has 0 heterocycles. The molecule has 6 heteroatoms. The summed E-state index contributed by atoms with van der Waals surface area (Å²) < 4.78 is 13.3. The average Bonchev–Trinajstić information content (AvgIpc) is 2.36. The molecule has 0 unspecified atom stereocenters. The topological polar surface area (TPSA) is 70.2 Å².